The minimum atomic E-state index is -0.0739. The van der Waals surface area contributed by atoms with Crippen LogP contribution in [0, 0.1) is 6.92 Å². The summed E-state index contributed by atoms with van der Waals surface area (Å²) < 4.78 is 0. The highest BCUT2D eigenvalue weighted by Crippen LogP contribution is 2.41. The molecule has 0 saturated carbocycles. The van der Waals surface area contributed by atoms with E-state index in [2.05, 4.69) is 42.3 Å². The molecule has 2 aromatic carbocycles. The van der Waals surface area contributed by atoms with Crippen molar-refractivity contribution in [3.8, 4) is 0 Å². The number of carbonyl (C=O) groups is 1. The van der Waals surface area contributed by atoms with Crippen LogP contribution in [0.4, 0.5) is 5.69 Å². The Balaban J connectivity index is 1.80. The number of unbranched alkanes of at least 4 members (excludes halogenated alkanes) is 1. The third kappa shape index (κ3) is 4.42. The highest BCUT2D eigenvalue weighted by atomic mass is 35.5. The molecule has 6 heteroatoms. The van der Waals surface area contributed by atoms with Crippen LogP contribution >= 0.6 is 23.4 Å². The molecule has 4 nitrogen and oxygen atoms in total. The molecular formula is C24H22ClN3OS. The van der Waals surface area contributed by atoms with Gasteiger partial charge in [0.1, 0.15) is 0 Å². The maximum absolute atomic E-state index is 12.5. The molecule has 0 saturated heterocycles. The monoisotopic (exact) mass is 435 g/mol. The third-order valence-electron chi connectivity index (χ3n) is 4.85. The van der Waals surface area contributed by atoms with Gasteiger partial charge in [0.15, 0.2) is 0 Å². The number of aryl methyl sites for hydroxylation is 1. The molecule has 1 aliphatic heterocycles. The first-order valence-corrected chi connectivity index (χ1v) is 11.2. The summed E-state index contributed by atoms with van der Waals surface area (Å²) in [7, 11) is 0. The van der Waals surface area contributed by atoms with E-state index < -0.39 is 0 Å². The van der Waals surface area contributed by atoms with Gasteiger partial charge in [-0.1, -0.05) is 48.8 Å². The number of benzene rings is 2. The maximum Gasteiger partial charge on any atom is 0.251 e. The van der Waals surface area contributed by atoms with Gasteiger partial charge in [0, 0.05) is 33.7 Å². The highest BCUT2D eigenvalue weighted by Gasteiger charge is 2.21. The number of carbonyl (C=O) groups excluding carboxylic acids is 1. The van der Waals surface area contributed by atoms with Crippen molar-refractivity contribution in [3.05, 3.63) is 82.1 Å². The number of amides is 1. The highest BCUT2D eigenvalue weighted by molar-refractivity contribution is 7.99. The van der Waals surface area contributed by atoms with E-state index in [9.17, 15) is 4.79 Å². The Morgan fingerprint density at radius 1 is 1.10 bits per heavy atom. The molecule has 0 atom stereocenters. The van der Waals surface area contributed by atoms with Gasteiger partial charge in [-0.3, -0.25) is 9.78 Å². The Labute approximate surface area is 185 Å². The molecule has 0 radical (unpaired) electrons. The number of fused-ring (bicyclic) bond motifs is 2. The number of rotatable bonds is 5. The largest absolute Gasteiger partial charge is 0.352 e. The molecule has 4 rings (SSSR count). The fourth-order valence-electron chi connectivity index (χ4n) is 3.23. The molecule has 0 spiro atoms. The SMILES string of the molecule is CCCCNC(=O)c1ccc2c(c1)N=C(c1ccc(Cl)cn1)c1ccc(C)cc1S2. The molecule has 0 bridgehead atoms. The van der Waals surface area contributed by atoms with Crippen LogP contribution in [0.5, 0.6) is 0 Å². The van der Waals surface area contributed by atoms with Gasteiger partial charge >= 0.3 is 0 Å². The summed E-state index contributed by atoms with van der Waals surface area (Å²) in [5.74, 6) is -0.0739. The minimum absolute atomic E-state index is 0.0739. The molecule has 152 valence electrons. The van der Waals surface area contributed by atoms with Crippen LogP contribution < -0.4 is 5.32 Å². The van der Waals surface area contributed by atoms with Crippen molar-refractivity contribution in [2.45, 2.75) is 36.5 Å². The second-order valence-electron chi connectivity index (χ2n) is 7.22. The lowest BCUT2D eigenvalue weighted by Crippen LogP contribution is -2.24. The molecular weight excluding hydrogens is 414 g/mol. The number of hydrogen-bond acceptors (Lipinski definition) is 4. The van der Waals surface area contributed by atoms with Crippen molar-refractivity contribution < 1.29 is 4.79 Å². The average molecular weight is 436 g/mol. The number of hydrogen-bond donors (Lipinski definition) is 1. The molecule has 1 aliphatic rings. The minimum Gasteiger partial charge on any atom is -0.352 e. The Morgan fingerprint density at radius 2 is 1.97 bits per heavy atom. The van der Waals surface area contributed by atoms with Gasteiger partial charge in [-0.25, -0.2) is 4.99 Å². The van der Waals surface area contributed by atoms with E-state index in [0.29, 0.717) is 17.1 Å². The van der Waals surface area contributed by atoms with E-state index in [4.69, 9.17) is 16.6 Å². The fraction of sp³-hybridized carbons (Fsp3) is 0.208. The molecule has 3 aromatic rings. The van der Waals surface area contributed by atoms with Crippen molar-refractivity contribution in [1.82, 2.24) is 10.3 Å². The normalized spacial score (nSPS) is 12.4. The summed E-state index contributed by atoms with van der Waals surface area (Å²) in [4.78, 5) is 24.1. The van der Waals surface area contributed by atoms with Crippen LogP contribution in [0.15, 0.2) is 69.5 Å². The molecule has 2 heterocycles. The first kappa shape index (κ1) is 20.6. The van der Waals surface area contributed by atoms with Crippen molar-refractivity contribution in [2.75, 3.05) is 6.54 Å². The fourth-order valence-corrected chi connectivity index (χ4v) is 4.45. The Morgan fingerprint density at radius 3 is 2.73 bits per heavy atom. The molecule has 1 amide bonds. The van der Waals surface area contributed by atoms with Crippen LogP contribution in [-0.2, 0) is 0 Å². The third-order valence-corrected chi connectivity index (χ3v) is 6.20. The van der Waals surface area contributed by atoms with Crippen LogP contribution in [0.3, 0.4) is 0 Å². The van der Waals surface area contributed by atoms with E-state index in [1.165, 1.54) is 5.56 Å². The van der Waals surface area contributed by atoms with Crippen molar-refractivity contribution in [3.63, 3.8) is 0 Å². The summed E-state index contributed by atoms with van der Waals surface area (Å²) in [6, 6.07) is 15.7. The summed E-state index contributed by atoms with van der Waals surface area (Å²) >= 11 is 7.70. The Hall–Kier alpha value is -2.63. The summed E-state index contributed by atoms with van der Waals surface area (Å²) in [5.41, 5.74) is 5.10. The van der Waals surface area contributed by atoms with Crippen molar-refractivity contribution in [1.29, 1.82) is 0 Å². The van der Waals surface area contributed by atoms with E-state index in [1.54, 1.807) is 18.0 Å². The predicted molar refractivity (Wildman–Crippen MR) is 124 cm³/mol. The second-order valence-corrected chi connectivity index (χ2v) is 8.74. The molecule has 0 fully saturated rings. The van der Waals surface area contributed by atoms with E-state index in [0.717, 1.165) is 45.3 Å². The second kappa shape index (κ2) is 9.02. The Bertz CT molecular complexity index is 1130. The zero-order valence-electron chi connectivity index (χ0n) is 16.9. The van der Waals surface area contributed by atoms with Crippen LogP contribution in [0.2, 0.25) is 5.02 Å². The predicted octanol–water partition coefficient (Wildman–Crippen LogP) is 6.21. The smallest absolute Gasteiger partial charge is 0.251 e. The first-order valence-electron chi connectivity index (χ1n) is 9.97. The average Bonchev–Trinajstić information content (AvgIpc) is 2.90. The van der Waals surface area contributed by atoms with Gasteiger partial charge in [-0.15, -0.1) is 0 Å². The van der Waals surface area contributed by atoms with Gasteiger partial charge < -0.3 is 5.32 Å². The lowest BCUT2D eigenvalue weighted by molar-refractivity contribution is 0.0953. The maximum atomic E-state index is 12.5. The van der Waals surface area contributed by atoms with Crippen molar-refractivity contribution in [2.24, 2.45) is 4.99 Å². The van der Waals surface area contributed by atoms with Crippen LogP contribution in [0.1, 0.15) is 46.9 Å². The van der Waals surface area contributed by atoms with Crippen molar-refractivity contribution >= 4 is 40.7 Å². The Kier molecular flexibility index (Phi) is 6.21. The number of nitrogens with zero attached hydrogens (tertiary/aromatic N) is 2. The summed E-state index contributed by atoms with van der Waals surface area (Å²) in [6.07, 6.45) is 3.63. The number of aliphatic imine (C=N–C) groups is 1. The van der Waals surface area contributed by atoms with E-state index in [-0.39, 0.29) is 5.91 Å². The van der Waals surface area contributed by atoms with E-state index >= 15 is 0 Å². The summed E-state index contributed by atoms with van der Waals surface area (Å²) in [5, 5.41) is 3.56. The number of nitrogens with one attached hydrogen (secondary N) is 1. The van der Waals surface area contributed by atoms with Gasteiger partial charge in [-0.2, -0.15) is 0 Å². The molecule has 0 aliphatic carbocycles. The molecule has 1 N–H and O–H groups in total. The lowest BCUT2D eigenvalue weighted by Gasteiger charge is -2.09. The molecule has 30 heavy (non-hydrogen) atoms. The standard InChI is InChI=1S/C24H22ClN3OS/c1-3-4-11-26-24(29)16-6-10-21-20(13-16)28-23(19-9-7-17(25)14-27-19)18-8-5-15(2)12-22(18)30-21/h5-10,12-14H,3-4,11H2,1-2H3,(H,26,29). The van der Waals surface area contributed by atoms with Crippen LogP contribution in [0.25, 0.3) is 0 Å². The van der Waals surface area contributed by atoms with Gasteiger partial charge in [0.25, 0.3) is 5.91 Å². The van der Waals surface area contributed by atoms with Crippen LogP contribution in [-0.4, -0.2) is 23.1 Å². The number of halogens is 1. The first-order chi connectivity index (χ1) is 14.5. The molecule has 1 aromatic heterocycles. The number of aromatic nitrogens is 1. The van der Waals surface area contributed by atoms with Gasteiger partial charge in [-0.05, 0) is 55.3 Å². The van der Waals surface area contributed by atoms with Gasteiger partial charge in [0.2, 0.25) is 0 Å². The number of pyridine rings is 1. The lowest BCUT2D eigenvalue weighted by atomic mass is 10.0. The quantitative estimate of drug-likeness (QED) is 0.379. The topological polar surface area (TPSA) is 54.4 Å². The van der Waals surface area contributed by atoms with Gasteiger partial charge in [0.05, 0.1) is 22.1 Å². The zero-order valence-corrected chi connectivity index (χ0v) is 18.5. The zero-order chi connectivity index (χ0) is 21.1. The van der Waals surface area contributed by atoms with E-state index in [1.807, 2.05) is 30.3 Å². The summed E-state index contributed by atoms with van der Waals surface area (Å²) in [6.45, 7) is 4.86. The molecule has 0 unspecified atom stereocenters.